The molecule has 0 radical (unpaired) electrons. The molecule has 0 saturated heterocycles. The second kappa shape index (κ2) is 14.5. The molecular weight excluding hydrogens is 476 g/mol. The number of rotatable bonds is 12. The molecule has 2 atom stereocenters. The molecule has 2 rings (SSSR count). The molecule has 0 amide bonds. The third-order valence-corrected chi connectivity index (χ3v) is 4.99. The van der Waals surface area contributed by atoms with E-state index in [1.165, 1.54) is 42.7 Å². The van der Waals surface area contributed by atoms with Gasteiger partial charge in [-0.3, -0.25) is 9.59 Å². The van der Waals surface area contributed by atoms with Crippen molar-refractivity contribution in [1.29, 1.82) is 0 Å². The highest BCUT2D eigenvalue weighted by Gasteiger charge is 2.18. The first-order valence-corrected chi connectivity index (χ1v) is 10.6. The number of nitrogens with two attached hydrogens (primary N) is 2. The summed E-state index contributed by atoms with van der Waals surface area (Å²) in [7, 11) is 9.00. The van der Waals surface area contributed by atoms with E-state index in [2.05, 4.69) is 0 Å². The lowest BCUT2D eigenvalue weighted by atomic mass is 10.1. The van der Waals surface area contributed by atoms with Gasteiger partial charge < -0.3 is 50.1 Å². The molecule has 12 heteroatoms. The van der Waals surface area contributed by atoms with Crippen LogP contribution in [0.15, 0.2) is 24.3 Å². The van der Waals surface area contributed by atoms with Gasteiger partial charge in [0.2, 0.25) is 11.5 Å². The largest absolute Gasteiger partial charge is 0.493 e. The number of carbonyl (C=O) groups is 2. The van der Waals surface area contributed by atoms with Crippen LogP contribution >= 0.6 is 0 Å². The van der Waals surface area contributed by atoms with Gasteiger partial charge >= 0.3 is 11.9 Å². The van der Waals surface area contributed by atoms with Gasteiger partial charge in [0.05, 0.1) is 42.7 Å². The van der Waals surface area contributed by atoms with Gasteiger partial charge in [-0.05, 0) is 48.2 Å². The van der Waals surface area contributed by atoms with Crippen molar-refractivity contribution in [2.75, 3.05) is 42.7 Å². The number of benzene rings is 2. The second-order valence-corrected chi connectivity index (χ2v) is 7.36. The summed E-state index contributed by atoms with van der Waals surface area (Å²) in [6.45, 7) is 0. The molecule has 2 aromatic carbocycles. The number of carboxylic acid groups (broad SMARTS) is 2. The molecule has 0 fully saturated rings. The number of hydrogen-bond acceptors (Lipinski definition) is 10. The first-order valence-electron chi connectivity index (χ1n) is 10.6. The van der Waals surface area contributed by atoms with E-state index in [-0.39, 0.29) is 12.8 Å². The zero-order chi connectivity index (χ0) is 27.4. The van der Waals surface area contributed by atoms with Crippen LogP contribution in [-0.2, 0) is 22.4 Å². The molecular formula is C24H34N2O10. The Hall–Kier alpha value is -3.90. The molecule has 0 spiro atoms. The van der Waals surface area contributed by atoms with E-state index in [1.807, 2.05) is 0 Å². The van der Waals surface area contributed by atoms with Crippen LogP contribution in [0.3, 0.4) is 0 Å². The van der Waals surface area contributed by atoms with Crippen LogP contribution in [0.5, 0.6) is 34.5 Å². The van der Waals surface area contributed by atoms with Gasteiger partial charge in [-0.1, -0.05) is 0 Å². The Morgan fingerprint density at radius 3 is 1.03 bits per heavy atom. The van der Waals surface area contributed by atoms with Crippen LogP contribution in [0.2, 0.25) is 0 Å². The quantitative estimate of drug-likeness (QED) is 0.322. The van der Waals surface area contributed by atoms with E-state index < -0.39 is 24.0 Å². The van der Waals surface area contributed by atoms with Crippen molar-refractivity contribution in [1.82, 2.24) is 0 Å². The van der Waals surface area contributed by atoms with Gasteiger partial charge in [-0.15, -0.1) is 0 Å². The molecule has 0 aliphatic rings. The van der Waals surface area contributed by atoms with E-state index in [1.54, 1.807) is 24.3 Å². The first kappa shape index (κ1) is 30.1. The summed E-state index contributed by atoms with van der Waals surface area (Å²) in [5.41, 5.74) is 12.4. The van der Waals surface area contributed by atoms with E-state index in [9.17, 15) is 9.59 Å². The molecule has 0 heterocycles. The van der Waals surface area contributed by atoms with Crippen molar-refractivity contribution in [3.05, 3.63) is 35.4 Å². The highest BCUT2D eigenvalue weighted by molar-refractivity contribution is 5.74. The predicted molar refractivity (Wildman–Crippen MR) is 131 cm³/mol. The van der Waals surface area contributed by atoms with Crippen molar-refractivity contribution >= 4 is 11.9 Å². The monoisotopic (exact) mass is 510 g/mol. The van der Waals surface area contributed by atoms with Crippen LogP contribution in [0.1, 0.15) is 11.1 Å². The van der Waals surface area contributed by atoms with Crippen molar-refractivity contribution in [2.24, 2.45) is 11.5 Å². The van der Waals surface area contributed by atoms with Gasteiger partial charge in [0.1, 0.15) is 12.1 Å². The summed E-state index contributed by atoms with van der Waals surface area (Å²) >= 11 is 0. The van der Waals surface area contributed by atoms with Gasteiger partial charge in [-0.2, -0.15) is 0 Å². The fraction of sp³-hybridized carbons (Fsp3) is 0.417. The Bertz CT molecular complexity index is 896. The minimum Gasteiger partial charge on any atom is -0.493 e. The lowest BCUT2D eigenvalue weighted by Crippen LogP contribution is -2.32. The molecule has 36 heavy (non-hydrogen) atoms. The molecule has 2 aromatic rings. The summed E-state index contributed by atoms with van der Waals surface area (Å²) < 4.78 is 31.0. The molecule has 6 N–H and O–H groups in total. The normalized spacial score (nSPS) is 11.8. The third-order valence-electron chi connectivity index (χ3n) is 4.99. The van der Waals surface area contributed by atoms with Crippen LogP contribution < -0.4 is 39.9 Å². The van der Waals surface area contributed by atoms with Gasteiger partial charge in [-0.25, -0.2) is 0 Å². The fourth-order valence-corrected chi connectivity index (χ4v) is 3.19. The summed E-state index contributed by atoms with van der Waals surface area (Å²) in [4.78, 5) is 21.4. The van der Waals surface area contributed by atoms with Crippen LogP contribution in [0.25, 0.3) is 0 Å². The summed E-state index contributed by atoms with van der Waals surface area (Å²) in [5, 5.41) is 17.6. The van der Waals surface area contributed by atoms with Crippen LogP contribution in [0, 0.1) is 0 Å². The van der Waals surface area contributed by atoms with Crippen LogP contribution in [0.4, 0.5) is 0 Å². The summed E-state index contributed by atoms with van der Waals surface area (Å²) in [6, 6.07) is 4.81. The molecule has 0 bridgehead atoms. The van der Waals surface area contributed by atoms with Gasteiger partial charge in [0.25, 0.3) is 0 Å². The van der Waals surface area contributed by atoms with Crippen molar-refractivity contribution in [2.45, 2.75) is 24.9 Å². The van der Waals surface area contributed by atoms with Crippen molar-refractivity contribution < 1.29 is 48.2 Å². The molecule has 0 aromatic heterocycles. The average Bonchev–Trinajstić information content (AvgIpc) is 2.87. The Balaban J connectivity index is 0.000000360. The number of hydrogen-bond donors (Lipinski definition) is 4. The minimum atomic E-state index is -1.05. The zero-order valence-electron chi connectivity index (χ0n) is 21.2. The maximum absolute atomic E-state index is 10.7. The molecule has 200 valence electrons. The Kier molecular flexibility index (Phi) is 12.1. The smallest absolute Gasteiger partial charge is 0.320 e. The lowest BCUT2D eigenvalue weighted by molar-refractivity contribution is -0.139. The maximum Gasteiger partial charge on any atom is 0.320 e. The number of carboxylic acids is 2. The fourth-order valence-electron chi connectivity index (χ4n) is 3.19. The maximum atomic E-state index is 10.7. The SMILES string of the molecule is COc1cc(C[C@H](N)C(=O)O)cc(OC)c1OC.COc1cc(C[C@H](N)C(=O)O)cc(OC)c1OC. The number of methoxy groups -OCH3 is 6. The second-order valence-electron chi connectivity index (χ2n) is 7.36. The minimum absolute atomic E-state index is 0.187. The van der Waals surface area contributed by atoms with Gasteiger partial charge in [0, 0.05) is 0 Å². The average molecular weight is 511 g/mol. The van der Waals surface area contributed by atoms with E-state index in [0.29, 0.717) is 45.6 Å². The standard InChI is InChI=1S/2C12H17NO5/c2*1-16-9-5-7(4-8(13)12(14)15)6-10(17-2)11(9)18-3/h2*5-6,8H,4,13H2,1-3H3,(H,14,15)/t2*8-/m00/s1. The molecule has 12 nitrogen and oxygen atoms in total. The lowest BCUT2D eigenvalue weighted by Gasteiger charge is -2.15. The highest BCUT2D eigenvalue weighted by Crippen LogP contribution is 2.39. The molecule has 0 saturated carbocycles. The molecule has 0 aliphatic heterocycles. The van der Waals surface area contributed by atoms with E-state index in [4.69, 9.17) is 50.1 Å². The van der Waals surface area contributed by atoms with E-state index >= 15 is 0 Å². The van der Waals surface area contributed by atoms with Gasteiger partial charge in [0.15, 0.2) is 23.0 Å². The highest BCUT2D eigenvalue weighted by atomic mass is 16.5. The first-order chi connectivity index (χ1) is 17.1. The van der Waals surface area contributed by atoms with Crippen LogP contribution in [-0.4, -0.2) is 76.9 Å². The van der Waals surface area contributed by atoms with E-state index in [0.717, 1.165) is 0 Å². The van der Waals surface area contributed by atoms with Crippen molar-refractivity contribution in [3.8, 4) is 34.5 Å². The number of ether oxygens (including phenoxy) is 6. The summed E-state index contributed by atoms with van der Waals surface area (Å²) in [5.74, 6) is 0.732. The number of aliphatic carboxylic acids is 2. The Morgan fingerprint density at radius 2 is 0.861 bits per heavy atom. The Morgan fingerprint density at radius 1 is 0.611 bits per heavy atom. The Labute approximate surface area is 209 Å². The molecule has 0 aliphatic carbocycles. The third kappa shape index (κ3) is 8.10. The zero-order valence-corrected chi connectivity index (χ0v) is 21.2. The summed E-state index contributed by atoms with van der Waals surface area (Å²) in [6.07, 6.45) is 0.373. The predicted octanol–water partition coefficient (Wildman–Crippen LogP) is 1.33. The molecule has 0 unspecified atom stereocenters. The topological polar surface area (TPSA) is 182 Å². The van der Waals surface area contributed by atoms with Crippen molar-refractivity contribution in [3.63, 3.8) is 0 Å².